The van der Waals surface area contributed by atoms with Gasteiger partial charge >= 0.3 is 47.6 Å². The van der Waals surface area contributed by atoms with E-state index in [-0.39, 0.29) is 64.7 Å². The number of pyridine rings is 3. The minimum atomic E-state index is -8.55. The number of aromatic nitrogens is 6. The van der Waals surface area contributed by atoms with Crippen LogP contribution in [0.1, 0.15) is 71.2 Å². The molecule has 526 valence electrons. The van der Waals surface area contributed by atoms with E-state index in [9.17, 15) is 35.4 Å². The topological polar surface area (TPSA) is 215 Å². The van der Waals surface area contributed by atoms with Gasteiger partial charge in [-0.3, -0.25) is 14.4 Å². The van der Waals surface area contributed by atoms with Gasteiger partial charge in [0.25, 0.3) is 16.7 Å². The number of quaternary nitrogens is 3. The third-order valence-corrected chi connectivity index (χ3v) is 18.0. The predicted molar refractivity (Wildman–Crippen MR) is 360 cm³/mol. The second-order valence-corrected chi connectivity index (χ2v) is 27.9. The third kappa shape index (κ3) is 14.8. The maximum atomic E-state index is 13.4. The molecule has 0 atom stereocenters. The van der Waals surface area contributed by atoms with Gasteiger partial charge in [-0.25, -0.2) is 0 Å². The molecule has 12 aromatic rings. The number of anilines is 3. The Bertz CT molecular complexity index is 5110. The van der Waals surface area contributed by atoms with Crippen LogP contribution in [-0.4, -0.2) is 144 Å². The van der Waals surface area contributed by atoms with Crippen LogP contribution in [0.25, 0.3) is 81.2 Å². The maximum absolute atomic E-state index is 13.4. The summed E-state index contributed by atoms with van der Waals surface area (Å²) in [4.78, 5) is 95.7. The molecule has 15 rings (SSSR count). The summed E-state index contributed by atoms with van der Waals surface area (Å²) >= 11 is 0. The van der Waals surface area contributed by atoms with E-state index in [4.69, 9.17) is 28.8 Å². The van der Waals surface area contributed by atoms with Gasteiger partial charge in [0.2, 0.25) is 0 Å². The second-order valence-electron chi connectivity index (χ2n) is 26.6. The van der Waals surface area contributed by atoms with E-state index >= 15 is 0 Å². The Morgan fingerprint density at radius 2 is 0.636 bits per heavy atom. The molecular weight excluding hydrogens is 1360 g/mol. The van der Waals surface area contributed by atoms with Crippen LogP contribution in [0, 0.1) is 20.8 Å². The second kappa shape index (κ2) is 28.9. The summed E-state index contributed by atoms with van der Waals surface area (Å²) in [6.07, 6.45) is 3.37. The summed E-state index contributed by atoms with van der Waals surface area (Å²) in [6.45, 7) is 18.1. The smallest absolute Gasteiger partial charge is 0.373 e. The Hall–Kier alpha value is -9.25. The molecular formula is C69H75Cl2F6N12O9P. The predicted octanol–water partition coefficient (Wildman–Crippen LogP) is 2.10. The average Bonchev–Trinajstić information content (AvgIpc) is 1.72. The van der Waals surface area contributed by atoms with E-state index in [1.807, 2.05) is 32.9 Å². The van der Waals surface area contributed by atoms with Crippen molar-refractivity contribution in [1.82, 2.24) is 28.8 Å². The van der Waals surface area contributed by atoms with E-state index in [2.05, 4.69) is 175 Å². The molecule has 6 aromatic heterocycles. The van der Waals surface area contributed by atoms with Gasteiger partial charge in [0.1, 0.15) is 19.6 Å². The van der Waals surface area contributed by atoms with Crippen molar-refractivity contribution in [3.05, 3.63) is 154 Å². The summed E-state index contributed by atoms with van der Waals surface area (Å²) < 4.78 is 56.8. The van der Waals surface area contributed by atoms with Crippen molar-refractivity contribution in [2.45, 2.75) is 80.4 Å². The van der Waals surface area contributed by atoms with Gasteiger partial charge in [-0.15, -0.1) is 0 Å². The SMILES string of the molecule is CCc1c(C)nn2c(=O)c3cc4c(c5cccc(c53)c12)N(C)C[N+](C)(C)C4.CCc1c(C)nn2c(=O)c3cc4c(c5cccc(c53)c12)N(C)C[N+](C)(C)C4.CCc1c(C)nn2c(=O)c3cccc4c5c(cc(c43)c12)C[N+](C)(C)CN5C.FP(F)(F)(F)F.O=C=O.O=C=O.O=C=O.[Cl-].[Cl-].[F-]. The minimum Gasteiger partial charge on any atom is -1.00 e. The van der Waals surface area contributed by atoms with Crippen molar-refractivity contribution < 1.29 is 92.7 Å². The molecule has 0 N–H and O–H groups in total. The van der Waals surface area contributed by atoms with Crippen molar-refractivity contribution in [1.29, 1.82) is 0 Å². The maximum Gasteiger partial charge on any atom is 0.373 e. The number of carbonyl (C=O) groups excluding carboxylic acids is 6. The Labute approximate surface area is 576 Å². The fraction of sp³-hybridized carbons (Fsp3) is 0.348. The van der Waals surface area contributed by atoms with E-state index < -0.39 is 8.16 Å². The number of hydrogen-bond acceptors (Lipinski definition) is 15. The van der Waals surface area contributed by atoms with Crippen LogP contribution in [-0.2, 0) is 67.7 Å². The average molecular weight is 1430 g/mol. The first-order valence-electron chi connectivity index (χ1n) is 30.8. The molecule has 0 saturated carbocycles. The summed E-state index contributed by atoms with van der Waals surface area (Å²) in [7, 11) is 11.4. The number of hydrogen-bond donors (Lipinski definition) is 0. The summed E-state index contributed by atoms with van der Waals surface area (Å²) in [6, 6.07) is 25.5. The summed E-state index contributed by atoms with van der Waals surface area (Å²) in [5, 5.41) is 26.4. The molecule has 0 radical (unpaired) electrons. The molecule has 0 amide bonds. The molecule has 0 saturated heterocycles. The van der Waals surface area contributed by atoms with E-state index in [0.29, 0.717) is 0 Å². The van der Waals surface area contributed by atoms with Crippen molar-refractivity contribution in [3.8, 4) is 0 Å². The van der Waals surface area contributed by atoms with Crippen LogP contribution < -0.4 is 60.9 Å². The molecule has 6 aromatic carbocycles. The molecule has 9 heterocycles. The summed E-state index contributed by atoms with van der Waals surface area (Å²) in [5.74, 6) is 0. The van der Waals surface area contributed by atoms with Gasteiger partial charge in [-0.2, -0.15) is 57.6 Å². The van der Waals surface area contributed by atoms with Crippen LogP contribution >= 0.6 is 8.16 Å². The molecule has 99 heavy (non-hydrogen) atoms. The van der Waals surface area contributed by atoms with Crippen molar-refractivity contribution in [2.24, 2.45) is 0 Å². The van der Waals surface area contributed by atoms with Gasteiger partial charge in [0, 0.05) is 103 Å². The molecule has 0 fully saturated rings. The van der Waals surface area contributed by atoms with Crippen molar-refractivity contribution >= 4 is 125 Å². The zero-order chi connectivity index (χ0) is 70.8. The number of halogens is 8. The molecule has 21 nitrogen and oxygen atoms in total. The molecule has 3 aliphatic rings. The molecule has 0 aliphatic carbocycles. The molecule has 30 heteroatoms. The molecule has 0 unspecified atom stereocenters. The largest absolute Gasteiger partial charge is 1.00 e. The fourth-order valence-corrected chi connectivity index (χ4v) is 15.4. The zero-order valence-corrected chi connectivity index (χ0v) is 59.7. The van der Waals surface area contributed by atoms with E-state index in [1.165, 1.54) is 66.6 Å². The van der Waals surface area contributed by atoms with Crippen molar-refractivity contribution in [3.63, 3.8) is 0 Å². The normalized spacial score (nSPS) is 14.9. The van der Waals surface area contributed by atoms with Gasteiger partial charge in [0.15, 0.2) is 20.0 Å². The third-order valence-electron chi connectivity index (χ3n) is 18.0. The number of fused-ring (bicyclic) bond motifs is 12. The Morgan fingerprint density at radius 3 is 0.909 bits per heavy atom. The van der Waals surface area contributed by atoms with Crippen molar-refractivity contribution in [2.75, 3.05) is 98.1 Å². The zero-order valence-electron chi connectivity index (χ0n) is 57.3. The Kier molecular flexibility index (Phi) is 23.0. The summed E-state index contributed by atoms with van der Waals surface area (Å²) in [5.41, 5.74) is 16.9. The molecule has 0 bridgehead atoms. The number of benzene rings is 6. The Morgan fingerprint density at radius 1 is 0.414 bits per heavy atom. The van der Waals surface area contributed by atoms with Crippen LogP contribution in [0.3, 0.4) is 0 Å². The quantitative estimate of drug-likeness (QED) is 0.141. The monoisotopic (exact) mass is 1430 g/mol. The van der Waals surface area contributed by atoms with Gasteiger partial charge in [-0.05, 0) is 64.3 Å². The van der Waals surface area contributed by atoms with Crippen LogP contribution in [0.2, 0.25) is 0 Å². The number of aryl methyl sites for hydroxylation is 6. The minimum absolute atomic E-state index is 0. The first-order chi connectivity index (χ1) is 44.9. The number of nitrogens with zero attached hydrogens (tertiary/aromatic N) is 12. The van der Waals surface area contributed by atoms with Gasteiger partial charge in [-0.1, -0.05) is 69.3 Å². The molecule has 3 aliphatic heterocycles. The van der Waals surface area contributed by atoms with Gasteiger partial charge in [0.05, 0.1) is 109 Å². The van der Waals surface area contributed by atoms with Crippen LogP contribution in [0.4, 0.5) is 38.0 Å². The first-order valence-corrected chi connectivity index (χ1v) is 32.5. The van der Waals surface area contributed by atoms with Gasteiger partial charge < -0.3 is 57.7 Å². The number of rotatable bonds is 3. The van der Waals surface area contributed by atoms with E-state index in [1.54, 1.807) is 13.5 Å². The molecule has 0 spiro atoms. The standard InChI is InChI=1S/3C22H25N4O.3CO2.2ClH.F5P.FH/c1-6-15-13(2)23-25-21(15)18-10-14-11-26(4,5)12-24(3)20(14)16-8-7-9-17(19(16)18)22(25)27;2*1-6-15-13(2)23-25-21(15)17-9-7-8-16-19(17)18(22(25)27)10-14-11-26(4,5)12-24(3)20(14)16;3*2-1-3;;;1-6(2,3,4)5;/h3*7-10H,6,11-12H2,1-5H3;;;;2*1H;;1H/q3*+1;;;;;;;/p-3. The first kappa shape index (κ1) is 78.7. The van der Waals surface area contributed by atoms with Crippen LogP contribution in [0.5, 0.6) is 0 Å². The van der Waals surface area contributed by atoms with Crippen LogP contribution in [0.15, 0.2) is 87.2 Å². The van der Waals surface area contributed by atoms with E-state index in [0.717, 1.165) is 154 Å². The fourth-order valence-electron chi connectivity index (χ4n) is 15.4. The Balaban J connectivity index is 0.000000209.